The van der Waals surface area contributed by atoms with Gasteiger partial charge in [-0.15, -0.1) is 0 Å². The maximum Gasteiger partial charge on any atom is 0.416 e. The Morgan fingerprint density at radius 3 is 2.54 bits per heavy atom. The topological polar surface area (TPSA) is 57.8 Å². The normalized spacial score (nSPS) is 15.2. The lowest BCUT2D eigenvalue weighted by Gasteiger charge is -2.35. The lowest BCUT2D eigenvalue weighted by molar-refractivity contribution is 0.135. The summed E-state index contributed by atoms with van der Waals surface area (Å²) < 4.78 is 12.6. The second kappa shape index (κ2) is 11.2. The zero-order valence-electron chi connectivity index (χ0n) is 20.8. The fraction of sp³-hybridized carbons (Fsp3) is 0.276. The highest BCUT2D eigenvalue weighted by Gasteiger charge is 2.35. The highest BCUT2D eigenvalue weighted by atomic mass is 79.9. The lowest BCUT2D eigenvalue weighted by atomic mass is 9.92. The second-order valence-electron chi connectivity index (χ2n) is 9.45. The summed E-state index contributed by atoms with van der Waals surface area (Å²) >= 11 is 9.74. The number of carbonyl (C=O) groups excluding carboxylic acids is 1. The summed E-state index contributed by atoms with van der Waals surface area (Å²) in [4.78, 5) is 20.9. The van der Waals surface area contributed by atoms with Crippen molar-refractivity contribution in [1.29, 1.82) is 0 Å². The van der Waals surface area contributed by atoms with Crippen LogP contribution in [0.15, 0.2) is 71.2 Å². The summed E-state index contributed by atoms with van der Waals surface area (Å²) in [6, 6.07) is 20.8. The van der Waals surface area contributed by atoms with Gasteiger partial charge in [0.2, 0.25) is 0 Å². The number of fused-ring (bicyclic) bond motifs is 3. The van der Waals surface area contributed by atoms with Gasteiger partial charge in [0.25, 0.3) is 0 Å². The van der Waals surface area contributed by atoms with E-state index in [9.17, 15) is 4.79 Å². The summed E-state index contributed by atoms with van der Waals surface area (Å²) in [7, 11) is 4.11. The first kappa shape index (κ1) is 25.6. The van der Waals surface area contributed by atoms with Gasteiger partial charge in [-0.1, -0.05) is 39.7 Å². The van der Waals surface area contributed by atoms with Crippen molar-refractivity contribution in [2.24, 2.45) is 0 Å². The average Bonchev–Trinajstić information content (AvgIpc) is 3.25. The van der Waals surface area contributed by atoms with Crippen molar-refractivity contribution in [3.8, 4) is 11.5 Å². The number of carbonyl (C=O) groups is 1. The fourth-order valence-corrected chi connectivity index (χ4v) is 5.22. The number of aromatic nitrogens is 1. The Morgan fingerprint density at radius 1 is 1.08 bits per heavy atom. The Kier molecular flexibility index (Phi) is 7.74. The predicted octanol–water partition coefficient (Wildman–Crippen LogP) is 7.06. The molecule has 1 amide bonds. The molecule has 1 atom stereocenters. The van der Waals surface area contributed by atoms with Crippen LogP contribution in [0.4, 0.5) is 4.79 Å². The van der Waals surface area contributed by atoms with E-state index in [4.69, 9.17) is 21.1 Å². The number of benzene rings is 3. The van der Waals surface area contributed by atoms with E-state index >= 15 is 0 Å². The maximum atomic E-state index is 13.4. The molecule has 0 radical (unpaired) electrons. The molecule has 0 spiro atoms. The molecule has 1 N–H and O–H groups in total. The molecule has 0 fully saturated rings. The van der Waals surface area contributed by atoms with Crippen molar-refractivity contribution >= 4 is 44.5 Å². The summed E-state index contributed by atoms with van der Waals surface area (Å²) in [6.45, 7) is 2.15. The molecule has 0 aliphatic carbocycles. The molecular weight excluding hydrogens is 554 g/mol. The van der Waals surface area contributed by atoms with Crippen molar-refractivity contribution in [2.75, 3.05) is 33.8 Å². The largest absolute Gasteiger partial charge is 0.494 e. The van der Waals surface area contributed by atoms with Crippen LogP contribution in [0.5, 0.6) is 11.5 Å². The minimum Gasteiger partial charge on any atom is -0.494 e. The van der Waals surface area contributed by atoms with Crippen LogP contribution in [-0.2, 0) is 6.42 Å². The van der Waals surface area contributed by atoms with Crippen molar-refractivity contribution in [3.63, 3.8) is 0 Å². The third-order valence-electron chi connectivity index (χ3n) is 6.56. The van der Waals surface area contributed by atoms with Crippen LogP contribution in [0.3, 0.4) is 0 Å². The van der Waals surface area contributed by atoms with E-state index in [1.807, 2.05) is 54.6 Å². The first-order valence-corrected chi connectivity index (χ1v) is 13.5. The number of halogens is 2. The third kappa shape index (κ3) is 5.79. The van der Waals surface area contributed by atoms with Crippen molar-refractivity contribution in [3.05, 3.63) is 93.0 Å². The van der Waals surface area contributed by atoms with E-state index in [0.717, 1.165) is 45.3 Å². The number of aromatic amines is 1. The number of hydrogen-bond acceptors (Lipinski definition) is 4. The van der Waals surface area contributed by atoms with Gasteiger partial charge in [-0.2, -0.15) is 0 Å². The fourth-order valence-electron chi connectivity index (χ4n) is 4.78. The summed E-state index contributed by atoms with van der Waals surface area (Å²) in [6.07, 6.45) is 1.27. The van der Waals surface area contributed by atoms with E-state index in [1.165, 1.54) is 5.56 Å². The summed E-state index contributed by atoms with van der Waals surface area (Å²) in [5, 5.41) is 1.79. The van der Waals surface area contributed by atoms with Crippen LogP contribution in [0.2, 0.25) is 5.02 Å². The van der Waals surface area contributed by atoms with Crippen LogP contribution in [-0.4, -0.2) is 54.7 Å². The van der Waals surface area contributed by atoms with Gasteiger partial charge in [0, 0.05) is 39.2 Å². The van der Waals surface area contributed by atoms with Gasteiger partial charge < -0.3 is 19.4 Å². The van der Waals surface area contributed by atoms with Gasteiger partial charge in [-0.3, -0.25) is 4.90 Å². The summed E-state index contributed by atoms with van der Waals surface area (Å²) in [5.74, 6) is 1.31. The molecular formula is C29H29BrClN3O3. The minimum absolute atomic E-state index is 0.333. The maximum absolute atomic E-state index is 13.4. The molecule has 8 heteroatoms. The molecule has 1 aromatic heterocycles. The molecule has 4 aromatic rings. The second-order valence-corrected chi connectivity index (χ2v) is 10.8. The van der Waals surface area contributed by atoms with Crippen molar-refractivity contribution < 1.29 is 14.3 Å². The van der Waals surface area contributed by atoms with E-state index in [0.29, 0.717) is 30.3 Å². The molecule has 37 heavy (non-hydrogen) atoms. The molecule has 1 aliphatic rings. The van der Waals surface area contributed by atoms with Crippen LogP contribution in [0.25, 0.3) is 10.9 Å². The molecule has 1 aliphatic heterocycles. The van der Waals surface area contributed by atoms with Crippen LogP contribution >= 0.6 is 27.5 Å². The zero-order valence-corrected chi connectivity index (χ0v) is 23.2. The number of rotatable bonds is 7. The number of amides is 1. The SMILES string of the molecule is CN(C)CCCOc1ccc(C2c3[nH]c4ccc(Cl)cc4c3CCN2C(=O)Oc2ccc(Br)cc2)cc1. The zero-order chi connectivity index (χ0) is 25.9. The van der Waals surface area contributed by atoms with E-state index in [2.05, 4.69) is 39.9 Å². The van der Waals surface area contributed by atoms with Gasteiger partial charge >= 0.3 is 6.09 Å². The molecule has 192 valence electrons. The lowest BCUT2D eigenvalue weighted by Crippen LogP contribution is -2.42. The van der Waals surface area contributed by atoms with E-state index in [-0.39, 0.29) is 6.04 Å². The van der Waals surface area contributed by atoms with Gasteiger partial charge in [0.15, 0.2) is 0 Å². The Morgan fingerprint density at radius 2 is 1.81 bits per heavy atom. The quantitative estimate of drug-likeness (QED) is 0.237. The molecule has 0 saturated heterocycles. The number of hydrogen-bond donors (Lipinski definition) is 1. The molecule has 5 rings (SSSR count). The standard InChI is InChI=1S/C29H29BrClN3O3/c1-33(2)15-3-17-36-22-9-4-19(5-10-22)28-27-24(25-18-21(31)8-13-26(25)32-27)14-16-34(28)29(35)37-23-11-6-20(30)7-12-23/h4-13,18,28,32H,3,14-17H2,1-2H3. The number of H-pyrrole nitrogens is 1. The Bertz CT molecular complexity index is 1390. The Hall–Kier alpha value is -3.00. The number of nitrogens with one attached hydrogen (secondary N) is 1. The predicted molar refractivity (Wildman–Crippen MR) is 151 cm³/mol. The molecule has 0 bridgehead atoms. The van der Waals surface area contributed by atoms with Gasteiger partial charge in [0.1, 0.15) is 17.5 Å². The van der Waals surface area contributed by atoms with Crippen LogP contribution in [0.1, 0.15) is 29.3 Å². The Labute approximate surface area is 230 Å². The minimum atomic E-state index is -0.390. The Balaban J connectivity index is 1.45. The molecule has 1 unspecified atom stereocenters. The first-order chi connectivity index (χ1) is 17.9. The monoisotopic (exact) mass is 581 g/mol. The third-order valence-corrected chi connectivity index (χ3v) is 7.32. The van der Waals surface area contributed by atoms with Gasteiger partial charge in [-0.05, 0) is 92.7 Å². The first-order valence-electron chi connectivity index (χ1n) is 12.3. The summed E-state index contributed by atoms with van der Waals surface area (Å²) in [5.41, 5.74) is 4.14. The average molecular weight is 583 g/mol. The number of ether oxygens (including phenoxy) is 2. The smallest absolute Gasteiger partial charge is 0.416 e. The van der Waals surface area contributed by atoms with Crippen molar-refractivity contribution in [1.82, 2.24) is 14.8 Å². The van der Waals surface area contributed by atoms with E-state index in [1.54, 1.807) is 17.0 Å². The molecule has 2 heterocycles. The highest BCUT2D eigenvalue weighted by Crippen LogP contribution is 2.40. The highest BCUT2D eigenvalue weighted by molar-refractivity contribution is 9.10. The molecule has 6 nitrogen and oxygen atoms in total. The van der Waals surface area contributed by atoms with Gasteiger partial charge in [-0.25, -0.2) is 4.79 Å². The van der Waals surface area contributed by atoms with Gasteiger partial charge in [0.05, 0.1) is 6.61 Å². The molecule has 3 aromatic carbocycles. The number of nitrogens with zero attached hydrogens (tertiary/aromatic N) is 2. The van der Waals surface area contributed by atoms with Crippen molar-refractivity contribution in [2.45, 2.75) is 18.9 Å². The molecule has 0 saturated carbocycles. The van der Waals surface area contributed by atoms with E-state index < -0.39 is 6.09 Å². The van der Waals surface area contributed by atoms with Crippen LogP contribution < -0.4 is 9.47 Å². The van der Waals surface area contributed by atoms with Crippen LogP contribution in [0, 0.1) is 0 Å².